The number of fused-ring (bicyclic) bond motifs is 9. The Kier molecular flexibility index (Phi) is 22.8. The molecule has 6 nitrogen and oxygen atoms in total. The van der Waals surface area contributed by atoms with E-state index >= 15 is 0 Å². The van der Waals surface area contributed by atoms with Gasteiger partial charge in [0.2, 0.25) is 0 Å². The zero-order valence-corrected chi connectivity index (χ0v) is 86.5. The van der Waals surface area contributed by atoms with E-state index < -0.39 is 0 Å². The summed E-state index contributed by atoms with van der Waals surface area (Å²) in [5.74, 6) is 1.23. The Labute approximate surface area is 876 Å². The van der Waals surface area contributed by atoms with Gasteiger partial charge in [0.25, 0.3) is 0 Å². The number of aryl methyl sites for hydroxylation is 2. The van der Waals surface area contributed by atoms with Crippen molar-refractivity contribution in [1.82, 2.24) is 0 Å². The molecule has 150 heavy (non-hydrogen) atoms. The largest absolute Gasteiger partial charge is 0.455 e. The average molecular weight is 1940 g/mol. The zero-order valence-electron chi connectivity index (χ0n) is 86.5. The van der Waals surface area contributed by atoms with Gasteiger partial charge in [-0.3, -0.25) is 0 Å². The highest BCUT2D eigenvalue weighted by Crippen LogP contribution is 2.56. The van der Waals surface area contributed by atoms with Gasteiger partial charge in [0.05, 0.1) is 17.1 Å². The van der Waals surface area contributed by atoms with Crippen LogP contribution < -0.4 is 14.7 Å². The second kappa shape index (κ2) is 37.2. The van der Waals surface area contributed by atoms with Gasteiger partial charge in [-0.05, 0) is 301 Å². The van der Waals surface area contributed by atoms with Gasteiger partial charge in [0.15, 0.2) is 0 Å². The summed E-state index contributed by atoms with van der Waals surface area (Å²) in [6, 6.07) is 154. The number of nitrogens with zero attached hydrogens (tertiary/aromatic N) is 3. The molecule has 2 aliphatic carbocycles. The van der Waals surface area contributed by atoms with Crippen LogP contribution in [0.5, 0.6) is 0 Å². The average Bonchev–Trinajstić information content (AvgIpc) is 0.881. The van der Waals surface area contributed by atoms with Crippen LogP contribution in [-0.2, 0) is 23.7 Å². The third-order valence-electron chi connectivity index (χ3n) is 33.3. The standard InChI is InChI=1S/C52H45NO.C48H41NO.C44H33NO/c1-4-13-34(14-5-1)40-29-25-37-26-30-44-47(35-15-6-2-7-16-35)33-48(46-32-31-43(40)50(37)51(44)46)53(38-17-8-3-9-18-38)39-27-23-36(24-28-39)41-20-12-21-45-42-19-10-11-22-49(42)54-52(41)45;1-47(2,3)40-28-22-31-21-25-38-41(48(4,5)6)29-42(39-27-26-37(40)44(31)45(38)39)49(32-13-8-7-9-14-32)33-23-19-30(20-24-33)34-16-12-17-36-35-15-10-11-18-43(35)50-46(34)36;1-3-28-17-18-31-21-24-35-29(4-2)27-40(39-26-25-34(28)42(31)43(35)39)45(32-11-6-5-7-12-32)33-22-19-30(20-23-33)36-14-10-15-38-37-13-8-9-16-41(37)46-44(36)38/h3,8-12,17-35H,1-2,4-7,13-16H2;7-29H,1-6H3;5-27H,3-4H2,1-2H3. The molecular weight excluding hydrogens is 1820 g/mol. The molecule has 3 heterocycles. The van der Waals surface area contributed by atoms with Gasteiger partial charge < -0.3 is 28.0 Å². The van der Waals surface area contributed by atoms with E-state index in [9.17, 15) is 0 Å². The number of benzene rings is 24. The monoisotopic (exact) mass is 1940 g/mol. The highest BCUT2D eigenvalue weighted by Gasteiger charge is 2.33. The first kappa shape index (κ1) is 91.9. The number of anilines is 9. The molecule has 0 radical (unpaired) electrons. The van der Waals surface area contributed by atoms with Crippen molar-refractivity contribution in [2.45, 2.75) is 155 Å². The fourth-order valence-electron chi connectivity index (χ4n) is 26.1. The molecule has 0 aliphatic heterocycles. The highest BCUT2D eigenvalue weighted by atomic mass is 16.3. The molecule has 2 saturated carbocycles. The molecule has 0 bridgehead atoms. The molecule has 24 aromatic carbocycles. The van der Waals surface area contributed by atoms with Gasteiger partial charge >= 0.3 is 0 Å². The van der Waals surface area contributed by atoms with Crippen molar-refractivity contribution in [2.24, 2.45) is 0 Å². The maximum absolute atomic E-state index is 6.47. The molecule has 2 aliphatic rings. The van der Waals surface area contributed by atoms with E-state index in [0.29, 0.717) is 11.8 Å². The summed E-state index contributed by atoms with van der Waals surface area (Å²) in [4.78, 5) is 7.39. The predicted molar refractivity (Wildman–Crippen MR) is 640 cm³/mol. The maximum Gasteiger partial charge on any atom is 0.143 e. The normalized spacial score (nSPS) is 13.6. The van der Waals surface area contributed by atoms with Crippen molar-refractivity contribution >= 4 is 214 Å². The van der Waals surface area contributed by atoms with Crippen molar-refractivity contribution < 1.29 is 13.3 Å². The quantitative estimate of drug-likeness (QED) is 0.0899. The number of hydrogen-bond acceptors (Lipinski definition) is 6. The minimum absolute atomic E-state index is 0.0303. The van der Waals surface area contributed by atoms with Gasteiger partial charge in [0, 0.05) is 99.3 Å². The minimum Gasteiger partial charge on any atom is -0.455 e. The van der Waals surface area contributed by atoms with Crippen LogP contribution >= 0.6 is 0 Å². The van der Waals surface area contributed by atoms with Gasteiger partial charge in [-0.2, -0.15) is 0 Å². The van der Waals surface area contributed by atoms with E-state index in [-0.39, 0.29) is 10.8 Å². The molecule has 0 N–H and O–H groups in total. The van der Waals surface area contributed by atoms with Gasteiger partial charge in [-0.1, -0.05) is 403 Å². The molecular formula is C144H119N3O3. The number of rotatable bonds is 16. The summed E-state index contributed by atoms with van der Waals surface area (Å²) in [5, 5.41) is 31.5. The molecule has 0 atom stereocenters. The number of furan rings is 3. The third-order valence-corrected chi connectivity index (χ3v) is 33.3. The highest BCUT2D eigenvalue weighted by molar-refractivity contribution is 6.31. The zero-order chi connectivity index (χ0) is 101. The van der Waals surface area contributed by atoms with Crippen LogP contribution in [-0.4, -0.2) is 0 Å². The minimum atomic E-state index is -0.0681. The lowest BCUT2D eigenvalue weighted by atomic mass is 9.78. The lowest BCUT2D eigenvalue weighted by molar-refractivity contribution is 0.445. The summed E-state index contributed by atoms with van der Waals surface area (Å²) in [7, 11) is 0. The van der Waals surface area contributed by atoms with E-state index in [0.717, 1.165) is 140 Å². The summed E-state index contributed by atoms with van der Waals surface area (Å²) in [6.45, 7) is 18.5. The van der Waals surface area contributed by atoms with Gasteiger partial charge in [-0.25, -0.2) is 0 Å². The van der Waals surface area contributed by atoms with E-state index in [1.165, 1.54) is 212 Å². The molecule has 2 fully saturated rings. The van der Waals surface area contributed by atoms with Gasteiger partial charge in [0.1, 0.15) is 33.5 Å². The molecule has 29 rings (SSSR count). The van der Waals surface area contributed by atoms with Crippen LogP contribution in [0.3, 0.4) is 0 Å². The molecule has 3 aromatic heterocycles. The van der Waals surface area contributed by atoms with Crippen LogP contribution in [0.1, 0.15) is 165 Å². The van der Waals surface area contributed by atoms with Crippen LogP contribution in [0, 0.1) is 0 Å². The second-order valence-electron chi connectivity index (χ2n) is 44.1. The van der Waals surface area contributed by atoms with E-state index in [4.69, 9.17) is 13.3 Å². The number of hydrogen-bond donors (Lipinski definition) is 0. The Bertz CT molecular complexity index is 9810. The molecule has 728 valence electrons. The third kappa shape index (κ3) is 15.6. The van der Waals surface area contributed by atoms with Crippen molar-refractivity contribution in [1.29, 1.82) is 0 Å². The fourth-order valence-corrected chi connectivity index (χ4v) is 26.1. The van der Waals surface area contributed by atoms with Crippen LogP contribution in [0.4, 0.5) is 51.2 Å². The van der Waals surface area contributed by atoms with Crippen LogP contribution in [0.25, 0.3) is 196 Å². The Balaban J connectivity index is 0.000000111. The first-order valence-corrected chi connectivity index (χ1v) is 54.4. The molecule has 27 aromatic rings. The van der Waals surface area contributed by atoms with Crippen molar-refractivity contribution in [3.8, 4) is 33.4 Å². The Morgan fingerprint density at radius 3 is 0.973 bits per heavy atom. The summed E-state index contributed by atoms with van der Waals surface area (Å²) < 4.78 is 19.3. The van der Waals surface area contributed by atoms with Crippen LogP contribution in [0.15, 0.2) is 432 Å². The predicted octanol–water partition coefficient (Wildman–Crippen LogP) is 42.7. The summed E-state index contributed by atoms with van der Waals surface area (Å²) in [5.41, 5.74) is 31.4. The maximum atomic E-state index is 6.47. The smallest absolute Gasteiger partial charge is 0.143 e. The Hall–Kier alpha value is -16.8. The van der Waals surface area contributed by atoms with E-state index in [1.807, 2.05) is 30.3 Å². The lowest BCUT2D eigenvalue weighted by Crippen LogP contribution is -2.16. The molecule has 0 amide bonds. The summed E-state index contributed by atoms with van der Waals surface area (Å²) in [6.07, 6.45) is 15.2. The fraction of sp³-hybridized carbons (Fsp3) is 0.167. The SMILES string of the molecule is CC(C)(C)c1ccc2ccc3c(C(C)(C)C)cc(N(c4ccccc4)c4ccc(-c5cccc6c5oc5ccccc56)cc4)c4ccc1c2c43.CCc1ccc2ccc3c(CC)cc(N(c4ccccc4)c4ccc(-c5cccc6c5oc5ccccc56)cc4)c4ccc1c2c34.c1ccc(N(c2ccc(-c3cccc4c3oc3ccccc34)cc2)c2cc(C3CCCCC3)c3ccc4ccc(C5CCCCC5)c5ccc2c3c45)cc1. The first-order chi connectivity index (χ1) is 73.6. The molecule has 0 saturated heterocycles. The number of para-hydroxylation sites is 9. The van der Waals surface area contributed by atoms with Gasteiger partial charge in [-0.15, -0.1) is 0 Å². The van der Waals surface area contributed by atoms with E-state index in [2.05, 4.69) is 458 Å². The van der Waals surface area contributed by atoms with E-state index in [1.54, 1.807) is 5.56 Å². The molecule has 0 spiro atoms. The van der Waals surface area contributed by atoms with Crippen molar-refractivity contribution in [3.63, 3.8) is 0 Å². The lowest BCUT2D eigenvalue weighted by Gasteiger charge is -2.32. The Morgan fingerprint density at radius 2 is 0.527 bits per heavy atom. The topological polar surface area (TPSA) is 49.1 Å². The second-order valence-corrected chi connectivity index (χ2v) is 44.1. The van der Waals surface area contributed by atoms with Crippen molar-refractivity contribution in [3.05, 3.63) is 452 Å². The summed E-state index contributed by atoms with van der Waals surface area (Å²) >= 11 is 0. The molecule has 0 unspecified atom stereocenters. The van der Waals surface area contributed by atoms with Crippen LogP contribution in [0.2, 0.25) is 0 Å². The van der Waals surface area contributed by atoms with Crippen molar-refractivity contribution in [2.75, 3.05) is 14.7 Å². The molecule has 6 heteroatoms. The first-order valence-electron chi connectivity index (χ1n) is 54.4. The Morgan fingerprint density at radius 1 is 0.220 bits per heavy atom.